The van der Waals surface area contributed by atoms with Crippen molar-refractivity contribution in [1.82, 2.24) is 9.80 Å². The molecule has 0 aliphatic carbocycles. The van der Waals surface area contributed by atoms with E-state index in [1.54, 1.807) is 21.3 Å². The second kappa shape index (κ2) is 15.4. The van der Waals surface area contributed by atoms with Gasteiger partial charge >= 0.3 is 42.6 Å². The summed E-state index contributed by atoms with van der Waals surface area (Å²) in [5.41, 5.74) is 0. The molecule has 1 saturated heterocycles. The van der Waals surface area contributed by atoms with Gasteiger partial charge in [0.15, 0.2) is 0 Å². The summed E-state index contributed by atoms with van der Waals surface area (Å²) in [5.74, 6) is 0. The molecule has 0 aromatic carbocycles. The maximum atomic E-state index is 5.58. The molecule has 1 aliphatic heterocycles. The van der Waals surface area contributed by atoms with Crippen LogP contribution in [0.4, 0.5) is 0 Å². The van der Waals surface area contributed by atoms with E-state index in [0.717, 1.165) is 38.9 Å². The van der Waals surface area contributed by atoms with Gasteiger partial charge in [0.1, 0.15) is 12.5 Å². The number of hydrogen-bond acceptors (Lipinski definition) is 5. The van der Waals surface area contributed by atoms with Crippen LogP contribution in [0.5, 0.6) is 0 Å². The van der Waals surface area contributed by atoms with Gasteiger partial charge in [-0.05, 0) is 39.6 Å². The van der Waals surface area contributed by atoms with Crippen LogP contribution >= 0.6 is 27.9 Å². The van der Waals surface area contributed by atoms with Crippen LogP contribution in [0.3, 0.4) is 0 Å². The Hall–Kier alpha value is 1.34. The number of rotatable bonds is 3. The molecule has 0 amide bonds. The average molecular weight is 443 g/mol. The van der Waals surface area contributed by atoms with Crippen molar-refractivity contribution >= 4 is 27.9 Å². The molecule has 10 heteroatoms. The van der Waals surface area contributed by atoms with Crippen LogP contribution in [0.1, 0.15) is 19.3 Å². The Morgan fingerprint density at radius 3 is 1.75 bits per heavy atom. The average Bonchev–Trinajstić information content (AvgIpc) is 2.53. The molecule has 0 spiro atoms. The van der Waals surface area contributed by atoms with Crippen molar-refractivity contribution in [3.63, 3.8) is 0 Å². The van der Waals surface area contributed by atoms with E-state index < -0.39 is 14.7 Å². The Morgan fingerprint density at radius 1 is 0.833 bits per heavy atom. The molecular formula is C14H30Cl3N3O3Ti. The van der Waals surface area contributed by atoms with Crippen molar-refractivity contribution in [1.29, 1.82) is 0 Å². The van der Waals surface area contributed by atoms with Gasteiger partial charge in [-0.2, -0.15) is 0 Å². The van der Waals surface area contributed by atoms with E-state index in [9.17, 15) is 0 Å². The molecule has 1 heterocycles. The molecule has 0 saturated carbocycles. The molecule has 3 unspecified atom stereocenters. The fourth-order valence-electron chi connectivity index (χ4n) is 2.57. The van der Waals surface area contributed by atoms with E-state index in [4.69, 9.17) is 42.1 Å². The summed E-state index contributed by atoms with van der Waals surface area (Å²) in [6, 6.07) is 0. The topological polar surface area (TPSA) is 48.3 Å². The Morgan fingerprint density at radius 2 is 1.29 bits per heavy atom. The number of halogens is 3. The predicted molar refractivity (Wildman–Crippen MR) is 97.3 cm³/mol. The summed E-state index contributed by atoms with van der Waals surface area (Å²) in [6.07, 6.45) is 2.90. The van der Waals surface area contributed by atoms with Crippen molar-refractivity contribution in [2.75, 3.05) is 55.1 Å². The van der Waals surface area contributed by atoms with Gasteiger partial charge < -0.3 is 19.5 Å². The number of ether oxygens (including phenoxy) is 3. The summed E-state index contributed by atoms with van der Waals surface area (Å²) in [4.78, 5) is 4.44. The third-order valence-corrected chi connectivity index (χ3v) is 3.97. The van der Waals surface area contributed by atoms with Crippen molar-refractivity contribution in [2.45, 2.75) is 37.9 Å². The van der Waals surface area contributed by atoms with Crippen molar-refractivity contribution < 1.29 is 28.9 Å². The molecular weight excluding hydrogens is 412 g/mol. The van der Waals surface area contributed by atoms with Crippen LogP contribution in [0.2, 0.25) is 0 Å². The Bertz CT molecular complexity index is 307. The molecule has 0 radical (unpaired) electrons. The van der Waals surface area contributed by atoms with Gasteiger partial charge in [0.25, 0.3) is 0 Å². The second-order valence-corrected chi connectivity index (χ2v) is 13.3. The molecule has 6 nitrogen and oxygen atoms in total. The molecule has 3 atom stereocenters. The van der Waals surface area contributed by atoms with Crippen LogP contribution < -0.4 is 0 Å². The first-order chi connectivity index (χ1) is 11.3. The van der Waals surface area contributed by atoms with Gasteiger partial charge in [-0.15, -0.1) is 6.54 Å². The number of hydrogen-bond donors (Lipinski definition) is 0. The SMILES string of the molecule is COC1CCN(C)C(OC)CCN(C)C(OC)CC[N-]1.[Cl][Ti+]([Cl])[Cl]. The van der Waals surface area contributed by atoms with Crippen LogP contribution in [0.15, 0.2) is 0 Å². The van der Waals surface area contributed by atoms with Crippen LogP contribution in [-0.4, -0.2) is 83.5 Å². The maximum absolute atomic E-state index is 5.58. The monoisotopic (exact) mass is 441 g/mol. The minimum atomic E-state index is -1.92. The minimum absolute atomic E-state index is 0.0443. The zero-order chi connectivity index (χ0) is 18.5. The van der Waals surface area contributed by atoms with Gasteiger partial charge in [0, 0.05) is 34.4 Å². The predicted octanol–water partition coefficient (Wildman–Crippen LogP) is 3.39. The standard InChI is InChI=1S/C14H30N3O3.3ClH.Ti/c1-16-10-7-12(18-3)15-9-6-13(19-4)17(2)11-8-14(16)20-5;;;;/h12-14H,6-11H2,1-5H3;3*1H;/q-1;;;;+4/p-3. The van der Waals surface area contributed by atoms with E-state index in [2.05, 4.69) is 29.2 Å². The molecule has 144 valence electrons. The van der Waals surface area contributed by atoms with E-state index in [-0.39, 0.29) is 18.7 Å². The fourth-order valence-corrected chi connectivity index (χ4v) is 2.57. The third-order valence-electron chi connectivity index (χ3n) is 3.97. The zero-order valence-corrected chi connectivity index (χ0v) is 19.0. The van der Waals surface area contributed by atoms with Gasteiger partial charge in [-0.25, -0.2) is 0 Å². The van der Waals surface area contributed by atoms with Crippen molar-refractivity contribution in [3.05, 3.63) is 5.32 Å². The van der Waals surface area contributed by atoms with Gasteiger partial charge in [0.05, 0.1) is 0 Å². The van der Waals surface area contributed by atoms with Crippen molar-refractivity contribution in [2.24, 2.45) is 0 Å². The van der Waals surface area contributed by atoms with E-state index in [0.29, 0.717) is 0 Å². The third kappa shape index (κ3) is 11.9. The number of methoxy groups -OCH3 is 3. The van der Waals surface area contributed by atoms with Crippen LogP contribution in [0, 0.1) is 0 Å². The van der Waals surface area contributed by atoms with E-state index in [1.165, 1.54) is 0 Å². The first kappa shape index (κ1) is 25.3. The van der Waals surface area contributed by atoms with Crippen LogP contribution in [0.25, 0.3) is 5.32 Å². The summed E-state index contributed by atoms with van der Waals surface area (Å²) in [6.45, 7) is 2.62. The van der Waals surface area contributed by atoms with Crippen molar-refractivity contribution in [3.8, 4) is 0 Å². The summed E-state index contributed by atoms with van der Waals surface area (Å²) in [7, 11) is 24.3. The second-order valence-electron chi connectivity index (χ2n) is 5.52. The van der Waals surface area contributed by atoms with Gasteiger partial charge in [0.2, 0.25) is 0 Å². The molecule has 0 aromatic rings. The van der Waals surface area contributed by atoms with Crippen LogP contribution in [-0.2, 0) is 28.9 Å². The molecule has 1 aliphatic rings. The fraction of sp³-hybridized carbons (Fsp3) is 1.00. The molecule has 0 N–H and O–H groups in total. The molecule has 0 bridgehead atoms. The summed E-state index contributed by atoms with van der Waals surface area (Å²) >= 11 is -1.92. The Balaban J connectivity index is 0.00000118. The molecule has 24 heavy (non-hydrogen) atoms. The number of nitrogens with zero attached hydrogens (tertiary/aromatic N) is 3. The van der Waals surface area contributed by atoms with Gasteiger partial charge in [-0.3, -0.25) is 9.80 Å². The van der Waals surface area contributed by atoms with E-state index >= 15 is 0 Å². The Kier molecular flexibility index (Phi) is 16.3. The normalized spacial score (nSPS) is 28.2. The summed E-state index contributed by atoms with van der Waals surface area (Å²) in [5, 5.41) is 4.60. The molecule has 1 fully saturated rings. The first-order valence-corrected chi connectivity index (χ1v) is 14.3. The molecule has 1 rings (SSSR count). The first-order valence-electron chi connectivity index (χ1n) is 7.84. The molecule has 0 aromatic heterocycles. The van der Waals surface area contributed by atoms with Gasteiger partial charge in [-0.1, -0.05) is 0 Å². The Labute approximate surface area is 164 Å². The summed E-state index contributed by atoms with van der Waals surface area (Å²) < 4.78 is 16.5. The van der Waals surface area contributed by atoms with E-state index in [1.807, 2.05) is 0 Å². The zero-order valence-electron chi connectivity index (χ0n) is 15.2. The quantitative estimate of drug-likeness (QED) is 0.627.